The Balaban J connectivity index is 1.66. The molecule has 2 aromatic rings. The van der Waals surface area contributed by atoms with Crippen LogP contribution in [-0.4, -0.2) is 47.2 Å². The number of nitrogens with one attached hydrogen (secondary N) is 2. The van der Waals surface area contributed by atoms with E-state index in [2.05, 4.69) is 62.1 Å². The van der Waals surface area contributed by atoms with Crippen LogP contribution in [0.2, 0.25) is 0 Å². The average Bonchev–Trinajstić information content (AvgIpc) is 2.73. The largest absolute Gasteiger partial charge is 0.507 e. The number of phenolic OH excluding ortho intramolecular Hbond substituents is 1. The van der Waals surface area contributed by atoms with Crippen LogP contribution in [-0.2, 0) is 10.8 Å². The highest BCUT2D eigenvalue weighted by Gasteiger charge is 2.29. The van der Waals surface area contributed by atoms with Gasteiger partial charge in [-0.3, -0.25) is 4.79 Å². The molecular formula is C27H41N5O2. The smallest absolute Gasteiger partial charge is 0.251 e. The van der Waals surface area contributed by atoms with Crippen molar-refractivity contribution >= 4 is 17.7 Å². The fourth-order valence-corrected chi connectivity index (χ4v) is 4.41. The number of hydrogen-bond donors (Lipinski definition) is 3. The number of aromatic nitrogens is 2. The summed E-state index contributed by atoms with van der Waals surface area (Å²) in [5, 5.41) is 17.6. The molecular weight excluding hydrogens is 426 g/mol. The lowest BCUT2D eigenvalue weighted by molar-refractivity contribution is 0.0926. The Morgan fingerprint density at radius 3 is 2.00 bits per heavy atom. The van der Waals surface area contributed by atoms with Gasteiger partial charge in [-0.05, 0) is 54.7 Å². The van der Waals surface area contributed by atoms with E-state index in [0.29, 0.717) is 23.3 Å². The molecule has 7 heteroatoms. The van der Waals surface area contributed by atoms with Crippen LogP contribution in [0.3, 0.4) is 0 Å². The molecule has 0 atom stereocenters. The van der Waals surface area contributed by atoms with E-state index in [0.717, 1.165) is 42.6 Å². The number of carbonyl (C=O) groups is 1. The number of phenols is 1. The number of benzene rings is 1. The SMILES string of the molecule is CN(C)c1ccnc(N[C@H]2CC[C@@H](NC(=O)c3cc(C(C)(C)C)c(O)c(C(C)(C)C)c3)CC2)n1. The van der Waals surface area contributed by atoms with Gasteiger partial charge in [0.1, 0.15) is 11.6 Å². The highest BCUT2D eigenvalue weighted by atomic mass is 16.3. The molecule has 1 fully saturated rings. The fraction of sp³-hybridized carbons (Fsp3) is 0.593. The second-order valence-corrected chi connectivity index (χ2v) is 11.7. The minimum absolute atomic E-state index is 0.0746. The first-order chi connectivity index (χ1) is 15.8. The van der Waals surface area contributed by atoms with Gasteiger partial charge in [0, 0.05) is 49.1 Å². The van der Waals surface area contributed by atoms with E-state index in [1.807, 2.05) is 37.2 Å². The van der Waals surface area contributed by atoms with Gasteiger partial charge in [0.15, 0.2) is 0 Å². The van der Waals surface area contributed by atoms with Gasteiger partial charge >= 0.3 is 0 Å². The Kier molecular flexibility index (Phi) is 7.44. The fourth-order valence-electron chi connectivity index (χ4n) is 4.41. The number of carbonyl (C=O) groups excluding carboxylic acids is 1. The second kappa shape index (κ2) is 9.80. The molecule has 0 radical (unpaired) electrons. The van der Waals surface area contributed by atoms with Crippen molar-refractivity contribution in [1.82, 2.24) is 15.3 Å². The summed E-state index contributed by atoms with van der Waals surface area (Å²) >= 11 is 0. The molecule has 34 heavy (non-hydrogen) atoms. The lowest BCUT2D eigenvalue weighted by Gasteiger charge is -2.31. The van der Waals surface area contributed by atoms with Crippen molar-refractivity contribution in [1.29, 1.82) is 0 Å². The van der Waals surface area contributed by atoms with Crippen molar-refractivity contribution in [2.24, 2.45) is 0 Å². The molecule has 0 aliphatic heterocycles. The van der Waals surface area contributed by atoms with E-state index in [9.17, 15) is 9.90 Å². The van der Waals surface area contributed by atoms with Gasteiger partial charge in [-0.15, -0.1) is 0 Å². The van der Waals surface area contributed by atoms with Gasteiger partial charge < -0.3 is 20.6 Å². The predicted molar refractivity (Wildman–Crippen MR) is 139 cm³/mol. The highest BCUT2D eigenvalue weighted by Crippen LogP contribution is 2.39. The van der Waals surface area contributed by atoms with E-state index in [-0.39, 0.29) is 22.8 Å². The van der Waals surface area contributed by atoms with Crippen molar-refractivity contribution in [2.75, 3.05) is 24.3 Å². The molecule has 3 rings (SSSR count). The number of aromatic hydroxyl groups is 1. The quantitative estimate of drug-likeness (QED) is 0.574. The van der Waals surface area contributed by atoms with E-state index >= 15 is 0 Å². The molecule has 7 nitrogen and oxygen atoms in total. The zero-order chi connectivity index (χ0) is 25.3. The number of hydrogen-bond acceptors (Lipinski definition) is 6. The topological polar surface area (TPSA) is 90.4 Å². The normalized spacial score (nSPS) is 18.9. The van der Waals surface area contributed by atoms with Crippen LogP contribution in [0.5, 0.6) is 5.75 Å². The van der Waals surface area contributed by atoms with Crippen molar-refractivity contribution in [2.45, 2.75) is 90.1 Å². The molecule has 1 amide bonds. The molecule has 1 saturated carbocycles. The van der Waals surface area contributed by atoms with Gasteiger partial charge in [-0.1, -0.05) is 41.5 Å². The Labute approximate surface area is 204 Å². The van der Waals surface area contributed by atoms with Gasteiger partial charge in [-0.2, -0.15) is 4.98 Å². The van der Waals surface area contributed by atoms with E-state index in [4.69, 9.17) is 0 Å². The Morgan fingerprint density at radius 2 is 1.50 bits per heavy atom. The summed E-state index contributed by atoms with van der Waals surface area (Å²) in [4.78, 5) is 24.1. The molecule has 1 aromatic carbocycles. The lowest BCUT2D eigenvalue weighted by atomic mass is 9.78. The van der Waals surface area contributed by atoms with Gasteiger partial charge in [0.2, 0.25) is 5.95 Å². The Morgan fingerprint density at radius 1 is 0.971 bits per heavy atom. The molecule has 0 bridgehead atoms. The van der Waals surface area contributed by atoms with Crippen LogP contribution < -0.4 is 15.5 Å². The lowest BCUT2D eigenvalue weighted by Crippen LogP contribution is -2.40. The molecule has 0 unspecified atom stereocenters. The Hall–Kier alpha value is -2.83. The summed E-state index contributed by atoms with van der Waals surface area (Å²) in [7, 11) is 3.92. The molecule has 3 N–H and O–H groups in total. The second-order valence-electron chi connectivity index (χ2n) is 11.7. The van der Waals surface area contributed by atoms with Crippen LogP contribution in [0, 0.1) is 0 Å². The average molecular weight is 468 g/mol. The van der Waals surface area contributed by atoms with Gasteiger partial charge in [0.05, 0.1) is 0 Å². The number of nitrogens with zero attached hydrogens (tertiary/aromatic N) is 3. The third-order valence-electron chi connectivity index (χ3n) is 6.48. The summed E-state index contributed by atoms with van der Waals surface area (Å²) in [5.41, 5.74) is 1.68. The summed E-state index contributed by atoms with van der Waals surface area (Å²) in [5.74, 6) is 1.74. The van der Waals surface area contributed by atoms with E-state index in [1.54, 1.807) is 6.20 Å². The predicted octanol–water partition coefficient (Wildman–Crippen LogP) is 5.00. The maximum atomic E-state index is 13.2. The standard InChI is InChI=1S/C27H41N5O2/c1-26(2,3)20-15-17(16-21(23(20)33)27(4,5)6)24(34)29-18-9-11-19(12-10-18)30-25-28-14-13-22(31-25)32(7)8/h13-16,18-19,33H,9-12H2,1-8H3,(H,29,34)(H,28,30,31)/t18-,19+. The van der Waals surface area contributed by atoms with E-state index in [1.165, 1.54) is 0 Å². The molecule has 0 saturated heterocycles. The molecule has 1 aromatic heterocycles. The first-order valence-electron chi connectivity index (χ1n) is 12.2. The highest BCUT2D eigenvalue weighted by molar-refractivity contribution is 5.95. The van der Waals surface area contributed by atoms with Crippen LogP contribution in [0.4, 0.5) is 11.8 Å². The maximum absolute atomic E-state index is 13.2. The van der Waals surface area contributed by atoms with Crippen molar-refractivity contribution in [3.8, 4) is 5.75 Å². The van der Waals surface area contributed by atoms with Crippen LogP contribution in [0.1, 0.15) is 88.7 Å². The summed E-state index contributed by atoms with van der Waals surface area (Å²) in [6, 6.07) is 6.00. The molecule has 1 aliphatic carbocycles. The number of rotatable bonds is 5. The van der Waals surface area contributed by atoms with E-state index < -0.39 is 0 Å². The van der Waals surface area contributed by atoms with Crippen LogP contribution in [0.25, 0.3) is 0 Å². The minimum atomic E-state index is -0.268. The van der Waals surface area contributed by atoms with Crippen molar-refractivity contribution < 1.29 is 9.90 Å². The third-order valence-corrected chi connectivity index (χ3v) is 6.48. The van der Waals surface area contributed by atoms with Crippen LogP contribution >= 0.6 is 0 Å². The monoisotopic (exact) mass is 467 g/mol. The van der Waals surface area contributed by atoms with Gasteiger partial charge in [-0.25, -0.2) is 4.98 Å². The Bertz CT molecular complexity index is 977. The van der Waals surface area contributed by atoms with Crippen molar-refractivity contribution in [3.05, 3.63) is 41.1 Å². The number of anilines is 2. The molecule has 1 aliphatic rings. The zero-order valence-electron chi connectivity index (χ0n) is 22.0. The number of amides is 1. The molecule has 186 valence electrons. The van der Waals surface area contributed by atoms with Crippen LogP contribution in [0.15, 0.2) is 24.4 Å². The molecule has 1 heterocycles. The first kappa shape index (κ1) is 25.8. The zero-order valence-corrected chi connectivity index (χ0v) is 22.0. The molecule has 0 spiro atoms. The summed E-state index contributed by atoms with van der Waals surface area (Å²) in [6.45, 7) is 12.3. The minimum Gasteiger partial charge on any atom is -0.507 e. The maximum Gasteiger partial charge on any atom is 0.251 e. The summed E-state index contributed by atoms with van der Waals surface area (Å²) in [6.07, 6.45) is 5.44. The summed E-state index contributed by atoms with van der Waals surface area (Å²) < 4.78 is 0. The van der Waals surface area contributed by atoms with Crippen molar-refractivity contribution in [3.63, 3.8) is 0 Å². The van der Waals surface area contributed by atoms with Gasteiger partial charge in [0.25, 0.3) is 5.91 Å². The first-order valence-corrected chi connectivity index (χ1v) is 12.2. The third kappa shape index (κ3) is 6.19.